The monoisotopic (exact) mass is 276 g/mol. The van der Waals surface area contributed by atoms with E-state index in [1.807, 2.05) is 18.2 Å². The Bertz CT molecular complexity index is 526. The molecule has 0 bridgehead atoms. The molecule has 1 aromatic carbocycles. The minimum absolute atomic E-state index is 0.185. The van der Waals surface area contributed by atoms with E-state index >= 15 is 0 Å². The maximum absolute atomic E-state index is 12.3. The van der Waals surface area contributed by atoms with Gasteiger partial charge in [-0.3, -0.25) is 4.79 Å². The molecule has 0 aliphatic carbocycles. The first-order chi connectivity index (χ1) is 9.44. The first-order valence-electron chi connectivity index (χ1n) is 6.64. The van der Waals surface area contributed by atoms with E-state index in [4.69, 9.17) is 0 Å². The summed E-state index contributed by atoms with van der Waals surface area (Å²) < 4.78 is 4.69. The standard InChI is InChI=1S/C15H20N2O3/c1-15(2,14(19)20-3)17-13(18)12-8-10-6-4-5-7-11(10)9-16-12/h4-7,12,16H,8-9H2,1-3H3,(H,17,18). The van der Waals surface area contributed by atoms with Crippen LogP contribution in [0.3, 0.4) is 0 Å². The molecule has 0 saturated heterocycles. The summed E-state index contributed by atoms with van der Waals surface area (Å²) in [7, 11) is 1.31. The third kappa shape index (κ3) is 2.99. The van der Waals surface area contributed by atoms with Crippen LogP contribution in [0.2, 0.25) is 0 Å². The van der Waals surface area contributed by atoms with Crippen molar-refractivity contribution in [3.8, 4) is 0 Å². The molecule has 20 heavy (non-hydrogen) atoms. The fourth-order valence-electron chi connectivity index (χ4n) is 2.34. The molecule has 5 nitrogen and oxygen atoms in total. The van der Waals surface area contributed by atoms with Crippen LogP contribution < -0.4 is 10.6 Å². The first kappa shape index (κ1) is 14.5. The molecule has 1 atom stereocenters. The number of rotatable bonds is 3. The van der Waals surface area contributed by atoms with E-state index in [0.717, 1.165) is 0 Å². The van der Waals surface area contributed by atoms with Crippen LogP contribution in [0, 0.1) is 0 Å². The Labute approximate surface area is 118 Å². The van der Waals surface area contributed by atoms with Gasteiger partial charge in [-0.05, 0) is 31.4 Å². The lowest BCUT2D eigenvalue weighted by Gasteiger charge is -2.29. The van der Waals surface area contributed by atoms with Crippen molar-refractivity contribution in [3.63, 3.8) is 0 Å². The van der Waals surface area contributed by atoms with Gasteiger partial charge >= 0.3 is 5.97 Å². The highest BCUT2D eigenvalue weighted by atomic mass is 16.5. The van der Waals surface area contributed by atoms with Crippen molar-refractivity contribution in [2.24, 2.45) is 0 Å². The summed E-state index contributed by atoms with van der Waals surface area (Å²) in [5.41, 5.74) is 1.36. The molecular formula is C15H20N2O3. The Morgan fingerprint density at radius 3 is 2.60 bits per heavy atom. The van der Waals surface area contributed by atoms with Gasteiger partial charge in [0.15, 0.2) is 0 Å². The molecule has 1 amide bonds. The molecule has 0 aromatic heterocycles. The highest BCUT2D eigenvalue weighted by Gasteiger charge is 2.34. The Morgan fingerprint density at radius 2 is 1.95 bits per heavy atom. The summed E-state index contributed by atoms with van der Waals surface area (Å²) in [6, 6.07) is 7.71. The lowest BCUT2D eigenvalue weighted by Crippen LogP contribution is -2.57. The van der Waals surface area contributed by atoms with Gasteiger partial charge in [0.1, 0.15) is 5.54 Å². The third-order valence-electron chi connectivity index (χ3n) is 3.53. The molecule has 2 rings (SSSR count). The molecule has 108 valence electrons. The number of carbonyl (C=O) groups is 2. The summed E-state index contributed by atoms with van der Waals surface area (Å²) >= 11 is 0. The quantitative estimate of drug-likeness (QED) is 0.800. The minimum atomic E-state index is -1.02. The van der Waals surface area contributed by atoms with Gasteiger partial charge in [-0.2, -0.15) is 0 Å². The van der Waals surface area contributed by atoms with Crippen molar-refractivity contribution in [1.82, 2.24) is 10.6 Å². The second-order valence-corrected chi connectivity index (χ2v) is 5.51. The number of carbonyl (C=O) groups excluding carboxylic acids is 2. The highest BCUT2D eigenvalue weighted by molar-refractivity contribution is 5.90. The number of benzene rings is 1. The molecule has 0 spiro atoms. The number of methoxy groups -OCH3 is 1. The average molecular weight is 276 g/mol. The fraction of sp³-hybridized carbons (Fsp3) is 0.467. The normalized spacial score (nSPS) is 18.1. The Kier molecular flexibility index (Phi) is 4.09. The van der Waals surface area contributed by atoms with E-state index in [2.05, 4.69) is 21.4 Å². The van der Waals surface area contributed by atoms with Crippen LogP contribution in [-0.4, -0.2) is 30.6 Å². The molecule has 2 N–H and O–H groups in total. The zero-order chi connectivity index (χ0) is 14.8. The van der Waals surface area contributed by atoms with Gasteiger partial charge in [-0.15, -0.1) is 0 Å². The number of hydrogen-bond acceptors (Lipinski definition) is 4. The number of amides is 1. The van der Waals surface area contributed by atoms with Crippen LogP contribution in [0.5, 0.6) is 0 Å². The van der Waals surface area contributed by atoms with Gasteiger partial charge in [0.05, 0.1) is 13.2 Å². The Morgan fingerprint density at radius 1 is 1.30 bits per heavy atom. The lowest BCUT2D eigenvalue weighted by molar-refractivity contribution is -0.149. The van der Waals surface area contributed by atoms with Crippen molar-refractivity contribution in [2.75, 3.05) is 7.11 Å². The van der Waals surface area contributed by atoms with Crippen molar-refractivity contribution in [1.29, 1.82) is 0 Å². The topological polar surface area (TPSA) is 67.4 Å². The molecule has 1 aromatic rings. The van der Waals surface area contributed by atoms with Crippen molar-refractivity contribution >= 4 is 11.9 Å². The molecule has 1 unspecified atom stereocenters. The molecular weight excluding hydrogens is 256 g/mol. The van der Waals surface area contributed by atoms with Gasteiger partial charge in [-0.1, -0.05) is 24.3 Å². The number of nitrogens with one attached hydrogen (secondary N) is 2. The van der Waals surface area contributed by atoms with Crippen LogP contribution in [0.4, 0.5) is 0 Å². The third-order valence-corrected chi connectivity index (χ3v) is 3.53. The van der Waals surface area contributed by atoms with Crippen LogP contribution in [0.25, 0.3) is 0 Å². The summed E-state index contributed by atoms with van der Waals surface area (Å²) in [5.74, 6) is -0.642. The Balaban J connectivity index is 2.04. The second kappa shape index (κ2) is 5.63. The van der Waals surface area contributed by atoms with E-state index in [1.165, 1.54) is 18.2 Å². The van der Waals surface area contributed by atoms with Gasteiger partial charge in [0, 0.05) is 6.54 Å². The first-order valence-corrected chi connectivity index (χ1v) is 6.64. The lowest BCUT2D eigenvalue weighted by atomic mass is 9.94. The van der Waals surface area contributed by atoms with E-state index in [9.17, 15) is 9.59 Å². The summed E-state index contributed by atoms with van der Waals surface area (Å²) in [6.45, 7) is 3.92. The molecule has 5 heteroatoms. The van der Waals surface area contributed by atoms with E-state index in [0.29, 0.717) is 13.0 Å². The number of fused-ring (bicyclic) bond motifs is 1. The van der Waals surface area contributed by atoms with Crippen LogP contribution in [0.15, 0.2) is 24.3 Å². The molecule has 1 aliphatic rings. The van der Waals surface area contributed by atoms with Gasteiger partial charge in [0.2, 0.25) is 5.91 Å². The summed E-state index contributed by atoms with van der Waals surface area (Å²) in [6.07, 6.45) is 0.624. The molecule has 1 heterocycles. The van der Waals surface area contributed by atoms with Gasteiger partial charge < -0.3 is 15.4 Å². The molecule has 1 aliphatic heterocycles. The van der Waals surface area contributed by atoms with Crippen LogP contribution >= 0.6 is 0 Å². The SMILES string of the molecule is COC(=O)C(C)(C)NC(=O)C1Cc2ccccc2CN1. The van der Waals surface area contributed by atoms with E-state index in [-0.39, 0.29) is 11.9 Å². The smallest absolute Gasteiger partial charge is 0.330 e. The van der Waals surface area contributed by atoms with Crippen molar-refractivity contribution < 1.29 is 14.3 Å². The Hall–Kier alpha value is -1.88. The summed E-state index contributed by atoms with van der Waals surface area (Å²) in [5, 5.41) is 5.92. The number of hydrogen-bond donors (Lipinski definition) is 2. The molecule has 0 radical (unpaired) electrons. The zero-order valence-electron chi connectivity index (χ0n) is 12.0. The minimum Gasteiger partial charge on any atom is -0.467 e. The number of esters is 1. The molecule has 0 saturated carbocycles. The van der Waals surface area contributed by atoms with Crippen molar-refractivity contribution in [2.45, 2.75) is 38.4 Å². The second-order valence-electron chi connectivity index (χ2n) is 5.51. The fourth-order valence-corrected chi connectivity index (χ4v) is 2.34. The van der Waals surface area contributed by atoms with Gasteiger partial charge in [0.25, 0.3) is 0 Å². The number of ether oxygens (including phenoxy) is 1. The predicted molar refractivity (Wildman–Crippen MR) is 75.0 cm³/mol. The predicted octanol–water partition coefficient (Wildman–Crippen LogP) is 0.769. The van der Waals surface area contributed by atoms with E-state index in [1.54, 1.807) is 13.8 Å². The molecule has 0 fully saturated rings. The zero-order valence-corrected chi connectivity index (χ0v) is 12.0. The maximum Gasteiger partial charge on any atom is 0.330 e. The van der Waals surface area contributed by atoms with Crippen molar-refractivity contribution in [3.05, 3.63) is 35.4 Å². The largest absolute Gasteiger partial charge is 0.467 e. The van der Waals surface area contributed by atoms with E-state index < -0.39 is 11.5 Å². The van der Waals surface area contributed by atoms with Crippen LogP contribution in [0.1, 0.15) is 25.0 Å². The summed E-state index contributed by atoms with van der Waals surface area (Å²) in [4.78, 5) is 23.9. The van der Waals surface area contributed by atoms with Gasteiger partial charge in [-0.25, -0.2) is 4.79 Å². The highest BCUT2D eigenvalue weighted by Crippen LogP contribution is 2.17. The maximum atomic E-state index is 12.3. The van der Waals surface area contributed by atoms with Crippen LogP contribution in [-0.2, 0) is 27.3 Å². The average Bonchev–Trinajstić information content (AvgIpc) is 2.45.